The average molecular weight is 392 g/mol. The van der Waals surface area contributed by atoms with Crippen molar-refractivity contribution in [2.75, 3.05) is 12.1 Å². The molecule has 0 unspecified atom stereocenters. The van der Waals surface area contributed by atoms with Crippen LogP contribution in [0.5, 0.6) is 11.5 Å². The smallest absolute Gasteiger partial charge is 0.255 e. The van der Waals surface area contributed by atoms with E-state index in [-0.39, 0.29) is 12.7 Å². The summed E-state index contributed by atoms with van der Waals surface area (Å²) >= 11 is 6.15. The van der Waals surface area contributed by atoms with Gasteiger partial charge in [0.05, 0.1) is 16.1 Å². The Kier molecular flexibility index (Phi) is 3.91. The molecule has 1 aliphatic heterocycles. The van der Waals surface area contributed by atoms with Crippen LogP contribution in [0.25, 0.3) is 16.7 Å². The predicted octanol–water partition coefficient (Wildman–Crippen LogP) is 4.66. The molecule has 3 aromatic carbocycles. The molecule has 0 radical (unpaired) electrons. The zero-order chi connectivity index (χ0) is 19.1. The maximum Gasteiger partial charge on any atom is 0.255 e. The van der Waals surface area contributed by atoms with Gasteiger partial charge in [-0.15, -0.1) is 0 Å². The summed E-state index contributed by atoms with van der Waals surface area (Å²) in [6.45, 7) is 0.102. The van der Waals surface area contributed by atoms with Crippen molar-refractivity contribution in [1.29, 1.82) is 0 Å². The number of nitrogens with zero attached hydrogens (tertiary/aromatic N) is 2. The summed E-state index contributed by atoms with van der Waals surface area (Å²) in [5, 5.41) is 3.22. The van der Waals surface area contributed by atoms with Crippen LogP contribution in [0.2, 0.25) is 5.02 Å². The quantitative estimate of drug-likeness (QED) is 0.551. The lowest BCUT2D eigenvalue weighted by Crippen LogP contribution is -2.12. The molecule has 2 heterocycles. The fraction of sp³-hybridized carbons (Fsp3) is 0.0476. The van der Waals surface area contributed by atoms with Gasteiger partial charge in [0.2, 0.25) is 6.79 Å². The van der Waals surface area contributed by atoms with Crippen molar-refractivity contribution in [1.82, 2.24) is 9.55 Å². The summed E-state index contributed by atoms with van der Waals surface area (Å²) in [6.07, 6.45) is 1.78. The van der Waals surface area contributed by atoms with Gasteiger partial charge < -0.3 is 14.8 Å². The van der Waals surface area contributed by atoms with Crippen LogP contribution in [-0.4, -0.2) is 22.3 Å². The molecule has 0 aliphatic carbocycles. The van der Waals surface area contributed by atoms with Gasteiger partial charge >= 0.3 is 0 Å². The van der Waals surface area contributed by atoms with Crippen molar-refractivity contribution in [3.05, 3.63) is 77.6 Å². The SMILES string of the molecule is O=C(Nc1ccc(-n2cnc3ccccc32)cc1)c1cc(Cl)c2c(c1)OCO2. The molecule has 0 saturated heterocycles. The van der Waals surface area contributed by atoms with Gasteiger partial charge in [-0.2, -0.15) is 0 Å². The number of nitrogens with one attached hydrogen (secondary N) is 1. The van der Waals surface area contributed by atoms with Gasteiger partial charge in [0, 0.05) is 16.9 Å². The van der Waals surface area contributed by atoms with Crippen LogP contribution in [0.15, 0.2) is 67.0 Å². The van der Waals surface area contributed by atoms with E-state index >= 15 is 0 Å². The van der Waals surface area contributed by atoms with Crippen LogP contribution in [0, 0.1) is 0 Å². The van der Waals surface area contributed by atoms with E-state index in [0.717, 1.165) is 16.7 Å². The molecule has 138 valence electrons. The topological polar surface area (TPSA) is 65.4 Å². The largest absolute Gasteiger partial charge is 0.454 e. The first-order chi connectivity index (χ1) is 13.7. The van der Waals surface area contributed by atoms with E-state index in [1.807, 2.05) is 53.1 Å². The van der Waals surface area contributed by atoms with E-state index in [4.69, 9.17) is 21.1 Å². The summed E-state index contributed by atoms with van der Waals surface area (Å²) in [7, 11) is 0. The van der Waals surface area contributed by atoms with Crippen LogP contribution >= 0.6 is 11.6 Å². The van der Waals surface area contributed by atoms with Gasteiger partial charge in [0.1, 0.15) is 6.33 Å². The number of imidazole rings is 1. The molecule has 1 aliphatic rings. The number of ether oxygens (including phenoxy) is 2. The molecule has 1 N–H and O–H groups in total. The summed E-state index contributed by atoms with van der Waals surface area (Å²) in [5.74, 6) is 0.663. The third-order valence-corrected chi connectivity index (χ3v) is 4.83. The lowest BCUT2D eigenvalue weighted by molar-refractivity contribution is 0.102. The molecule has 1 amide bonds. The van der Waals surface area contributed by atoms with Crippen molar-refractivity contribution in [2.24, 2.45) is 0 Å². The van der Waals surface area contributed by atoms with Gasteiger partial charge in [0.25, 0.3) is 5.91 Å². The highest BCUT2D eigenvalue weighted by molar-refractivity contribution is 6.32. The van der Waals surface area contributed by atoms with Gasteiger partial charge in [0.15, 0.2) is 11.5 Å². The number of halogens is 1. The normalized spacial score (nSPS) is 12.3. The van der Waals surface area contributed by atoms with Crippen LogP contribution < -0.4 is 14.8 Å². The number of hydrogen-bond donors (Lipinski definition) is 1. The van der Waals surface area contributed by atoms with Crippen molar-refractivity contribution in [3.8, 4) is 17.2 Å². The third kappa shape index (κ3) is 2.84. The van der Waals surface area contributed by atoms with Gasteiger partial charge in [-0.1, -0.05) is 23.7 Å². The Hall–Kier alpha value is -3.51. The van der Waals surface area contributed by atoms with E-state index in [1.165, 1.54) is 0 Å². The molecule has 0 bridgehead atoms. The van der Waals surface area contributed by atoms with E-state index in [9.17, 15) is 4.79 Å². The number of carbonyl (C=O) groups excluding carboxylic acids is 1. The highest BCUT2D eigenvalue weighted by Crippen LogP contribution is 2.39. The monoisotopic (exact) mass is 391 g/mol. The van der Waals surface area contributed by atoms with Crippen LogP contribution in [0.4, 0.5) is 5.69 Å². The molecule has 7 heteroatoms. The molecule has 28 heavy (non-hydrogen) atoms. The van der Waals surface area contributed by atoms with E-state index in [2.05, 4.69) is 10.3 Å². The second kappa shape index (κ2) is 6.58. The predicted molar refractivity (Wildman–Crippen MR) is 107 cm³/mol. The first-order valence-electron chi connectivity index (χ1n) is 8.62. The minimum Gasteiger partial charge on any atom is -0.454 e. The van der Waals surface area contributed by atoms with E-state index in [0.29, 0.717) is 27.8 Å². The fourth-order valence-electron chi connectivity index (χ4n) is 3.17. The second-order valence-corrected chi connectivity index (χ2v) is 6.70. The van der Waals surface area contributed by atoms with E-state index in [1.54, 1.807) is 18.5 Å². The van der Waals surface area contributed by atoms with Gasteiger partial charge in [-0.25, -0.2) is 4.98 Å². The molecular formula is C21H14ClN3O3. The van der Waals surface area contributed by atoms with Crippen LogP contribution in [0.3, 0.4) is 0 Å². The minimum atomic E-state index is -0.277. The Morgan fingerprint density at radius 3 is 2.75 bits per heavy atom. The summed E-state index contributed by atoms with van der Waals surface area (Å²) in [5.41, 5.74) is 3.98. The highest BCUT2D eigenvalue weighted by atomic mass is 35.5. The Bertz CT molecular complexity index is 1200. The Balaban J connectivity index is 1.38. The minimum absolute atomic E-state index is 0.102. The maximum atomic E-state index is 12.6. The molecule has 0 fully saturated rings. The summed E-state index contributed by atoms with van der Waals surface area (Å²) in [4.78, 5) is 17.0. The maximum absolute atomic E-state index is 12.6. The number of aromatic nitrogens is 2. The van der Waals surface area contributed by atoms with Crippen molar-refractivity contribution < 1.29 is 14.3 Å². The molecule has 0 spiro atoms. The molecule has 0 atom stereocenters. The molecule has 0 saturated carbocycles. The third-order valence-electron chi connectivity index (χ3n) is 4.55. The summed E-state index contributed by atoms with van der Waals surface area (Å²) < 4.78 is 12.6. The Labute approximate surface area is 165 Å². The number of benzene rings is 3. The standard InChI is InChI=1S/C21H14ClN3O3/c22-16-9-13(10-19-20(16)28-12-27-19)21(26)24-14-5-7-15(8-6-14)25-11-23-17-3-1-2-4-18(17)25/h1-11H,12H2,(H,24,26). The van der Waals surface area contributed by atoms with Crippen LogP contribution in [-0.2, 0) is 0 Å². The fourth-order valence-corrected chi connectivity index (χ4v) is 3.44. The number of hydrogen-bond acceptors (Lipinski definition) is 4. The lowest BCUT2D eigenvalue weighted by Gasteiger charge is -2.09. The number of rotatable bonds is 3. The zero-order valence-corrected chi connectivity index (χ0v) is 15.3. The second-order valence-electron chi connectivity index (χ2n) is 6.30. The number of amides is 1. The van der Waals surface area contributed by atoms with Crippen LogP contribution in [0.1, 0.15) is 10.4 Å². The average Bonchev–Trinajstić information content (AvgIpc) is 3.36. The van der Waals surface area contributed by atoms with E-state index < -0.39 is 0 Å². The first kappa shape index (κ1) is 16.6. The molecule has 1 aromatic heterocycles. The van der Waals surface area contributed by atoms with Gasteiger partial charge in [-0.05, 0) is 48.5 Å². The first-order valence-corrected chi connectivity index (χ1v) is 9.00. The van der Waals surface area contributed by atoms with Crippen molar-refractivity contribution in [2.45, 2.75) is 0 Å². The number of fused-ring (bicyclic) bond motifs is 2. The van der Waals surface area contributed by atoms with Crippen molar-refractivity contribution >= 4 is 34.2 Å². The molecule has 5 rings (SSSR count). The number of anilines is 1. The Morgan fingerprint density at radius 2 is 1.89 bits per heavy atom. The van der Waals surface area contributed by atoms with Crippen molar-refractivity contribution in [3.63, 3.8) is 0 Å². The summed E-state index contributed by atoms with van der Waals surface area (Å²) in [6, 6.07) is 18.6. The molecular weight excluding hydrogens is 378 g/mol. The molecule has 6 nitrogen and oxygen atoms in total. The number of para-hydroxylation sites is 2. The zero-order valence-electron chi connectivity index (χ0n) is 14.6. The number of carbonyl (C=O) groups is 1. The molecule has 4 aromatic rings. The Morgan fingerprint density at radius 1 is 1.07 bits per heavy atom. The highest BCUT2D eigenvalue weighted by Gasteiger charge is 2.20. The lowest BCUT2D eigenvalue weighted by atomic mass is 10.1. The van der Waals surface area contributed by atoms with Gasteiger partial charge in [-0.3, -0.25) is 9.36 Å².